The Hall–Kier alpha value is -12.8. The molecule has 0 saturated heterocycles. The second-order valence-corrected chi connectivity index (χ2v) is 30.6. The number of oxazole rings is 5. The van der Waals surface area contributed by atoms with Gasteiger partial charge in [0, 0.05) is 52.5 Å². The average Bonchev–Trinajstić information content (AvgIpc) is 1.77. The van der Waals surface area contributed by atoms with Gasteiger partial charge in [-0.2, -0.15) is 44.8 Å². The van der Waals surface area contributed by atoms with Crippen molar-refractivity contribution < 1.29 is 49.7 Å². The first-order chi connectivity index (χ1) is 56.8. The number of para-hydroxylation sites is 15. The van der Waals surface area contributed by atoms with E-state index in [2.05, 4.69) is 210 Å². The molecule has 2 aliphatic rings. The molecule has 2 saturated carbocycles. The summed E-state index contributed by atoms with van der Waals surface area (Å²) < 4.78 is 84.7. The van der Waals surface area contributed by atoms with Crippen LogP contribution in [-0.4, -0.2) is 22.7 Å². The number of aryl methyl sites for hydroxylation is 12. The Morgan fingerprint density at radius 2 is 0.637 bits per heavy atom. The number of benzene rings is 10. The average molecular weight is 1500 g/mol. The molecule has 0 aliphatic heterocycles. The van der Waals surface area contributed by atoms with Crippen molar-refractivity contribution in [3.05, 3.63) is 329 Å². The van der Waals surface area contributed by atoms with Crippen LogP contribution in [0, 0.1) is 83.0 Å². The highest BCUT2D eigenvalue weighted by Crippen LogP contribution is 2.40. The van der Waals surface area contributed by atoms with E-state index in [1.165, 1.54) is 126 Å². The maximum atomic E-state index is 8.56. The largest absolute Gasteiger partial charge is 0.415 e. The highest BCUT2D eigenvalue weighted by atomic mass is 16.4. The molecule has 113 heavy (non-hydrogen) atoms. The monoisotopic (exact) mass is 1500 g/mol. The number of hydrogen-bond donors (Lipinski definition) is 0. The van der Waals surface area contributed by atoms with E-state index in [0.717, 1.165) is 107 Å². The van der Waals surface area contributed by atoms with E-state index >= 15 is 0 Å². The zero-order valence-electron chi connectivity index (χ0n) is 70.1. The van der Waals surface area contributed by atoms with Gasteiger partial charge in [-0.15, -0.1) is 0 Å². The summed E-state index contributed by atoms with van der Waals surface area (Å²) in [6, 6.07) is 81.9. The molecule has 10 aromatic heterocycles. The fraction of sp³-hybridized carbons (Fsp3) is 0.235. The van der Waals surface area contributed by atoms with Gasteiger partial charge < -0.3 is 22.1 Å². The second kappa shape index (κ2) is 29.5. The predicted molar refractivity (Wildman–Crippen MR) is 447 cm³/mol. The molecule has 20 aromatic rings. The lowest BCUT2D eigenvalue weighted by Crippen LogP contribution is -2.32. The number of fused-ring (bicyclic) bond motifs is 15. The normalized spacial score (nSPS) is 14.1. The number of rotatable bonds is 7. The van der Waals surface area contributed by atoms with Crippen LogP contribution in [-0.2, 0) is 0 Å². The van der Waals surface area contributed by atoms with Gasteiger partial charge in [0.05, 0.1) is 11.8 Å². The van der Waals surface area contributed by atoms with Gasteiger partial charge in [0.15, 0.2) is 85.3 Å². The summed E-state index contributed by atoms with van der Waals surface area (Å²) in [4.78, 5) is 0. The van der Waals surface area contributed by atoms with E-state index in [1.54, 1.807) is 8.97 Å². The van der Waals surface area contributed by atoms with Crippen LogP contribution in [0.2, 0.25) is 0 Å². The summed E-state index contributed by atoms with van der Waals surface area (Å²) in [5.74, 6) is 5.31. The van der Waals surface area contributed by atoms with Crippen molar-refractivity contribution in [3.63, 3.8) is 0 Å². The smallest absolute Gasteiger partial charge is 0.339 e. The first kappa shape index (κ1) is 67.2. The van der Waals surface area contributed by atoms with Crippen LogP contribution in [0.3, 0.4) is 0 Å². The minimum Gasteiger partial charge on any atom is -0.415 e. The molecular formula is C98H97N10O5+5. The standard InChI is InChI=1S/C23H25N2O.C22H23N2O.2C18H17N2O.C17H15N2O/c1-16-10-6-7-13-19(16)24-17(2)23-25(20-14-8-9-15-21(20)26-23)22(24)18-11-4-3-5-12-18;1-15-9-3-6-12-18(15)23-16(2)22-24(21(23)17-10-4-5-11-17)19-13-7-8-14-20(19)25-22;2*1-12-8-4-5-9-15(12)19-13(2)18-20(14(19)3)16-10-6-7-11-17(16)21-18;1-12-7-3-4-8-14(12)18-11-19-15-9-5-6-10-16(15)20-17(19)13(18)2/h6-10,13-15,18H,3-5,11-12H2,1-2H3;3,6-9,12-14,17H,4-5,10-11H2,1-2H3;2*4-11H,1-3H3;3-11H,1-2H3/q5*+1/i;;3D3;;11D. The fourth-order valence-corrected chi connectivity index (χ4v) is 17.8. The van der Waals surface area contributed by atoms with E-state index in [9.17, 15) is 0 Å². The molecule has 22 rings (SSSR count). The SMILES string of the molecule is Cc1ccccc1-n1c(C)c2oc3ccccc3[n+]2c1C.Cc1ccccc1-n1c(C)c2oc3ccccc3[n+]2c1C1CCCC1.Cc1ccccc1-n1c(C)c2oc3ccccc3[n+]2c1C1CCCCC1.[2H]C([2H])([2H])c1n(-c2ccccc2C)c(C)c2oc3ccccc3[n+]12.[2H]c1n2c(oc3ccccc32)c(C)[n+]1-c1ccccc1C. The van der Waals surface area contributed by atoms with Crippen molar-refractivity contribution >= 4 is 84.1 Å². The van der Waals surface area contributed by atoms with Crippen molar-refractivity contribution in [3.8, 4) is 28.4 Å². The summed E-state index contributed by atoms with van der Waals surface area (Å²) in [6.45, 7) is 20.8. The number of aromatic nitrogens is 10. The van der Waals surface area contributed by atoms with E-state index < -0.39 is 6.85 Å². The number of imidazole rings is 5. The molecule has 0 N–H and O–H groups in total. The van der Waals surface area contributed by atoms with Crippen LogP contribution in [0.25, 0.3) is 113 Å². The van der Waals surface area contributed by atoms with Crippen LogP contribution in [0.4, 0.5) is 0 Å². The number of nitrogens with zero attached hydrogens (tertiary/aromatic N) is 10. The maximum absolute atomic E-state index is 8.56. The quantitative estimate of drug-likeness (QED) is 0.148. The first-order valence-electron chi connectivity index (χ1n) is 41.7. The van der Waals surface area contributed by atoms with Gasteiger partial charge >= 0.3 is 28.6 Å². The second-order valence-electron chi connectivity index (χ2n) is 30.6. The summed E-state index contributed by atoms with van der Waals surface area (Å²) in [5, 5.41) is 0. The van der Waals surface area contributed by atoms with Gasteiger partial charge in [-0.3, -0.25) is 0 Å². The van der Waals surface area contributed by atoms with Crippen LogP contribution >= 0.6 is 0 Å². The highest BCUT2D eigenvalue weighted by molar-refractivity contribution is 5.78. The molecule has 0 spiro atoms. The van der Waals surface area contributed by atoms with Crippen LogP contribution in [0.15, 0.2) is 271 Å². The van der Waals surface area contributed by atoms with Crippen molar-refractivity contribution in [2.45, 2.75) is 153 Å². The lowest BCUT2D eigenvalue weighted by molar-refractivity contribution is -0.601. The van der Waals surface area contributed by atoms with E-state index in [0.29, 0.717) is 29.4 Å². The van der Waals surface area contributed by atoms with E-state index in [4.69, 9.17) is 27.6 Å². The zero-order chi connectivity index (χ0) is 80.8. The molecule has 2 aliphatic carbocycles. The summed E-state index contributed by atoms with van der Waals surface area (Å²) in [6.07, 6.45) is 12.1. The van der Waals surface area contributed by atoms with Gasteiger partial charge in [0.2, 0.25) is 0 Å². The third-order valence-electron chi connectivity index (χ3n) is 23.5. The molecule has 10 aromatic carbocycles. The molecule has 0 atom stereocenters. The summed E-state index contributed by atoms with van der Waals surface area (Å²) >= 11 is 0. The van der Waals surface area contributed by atoms with E-state index in [1.807, 2.05) is 145 Å². The molecule has 2 fully saturated rings. The van der Waals surface area contributed by atoms with Crippen molar-refractivity contribution in [1.82, 2.24) is 22.7 Å². The van der Waals surface area contributed by atoms with Crippen LogP contribution < -0.4 is 22.2 Å². The van der Waals surface area contributed by atoms with Gasteiger partial charge in [-0.25, -0.2) is 0 Å². The molecule has 10 heterocycles. The van der Waals surface area contributed by atoms with Crippen molar-refractivity contribution in [2.24, 2.45) is 0 Å². The van der Waals surface area contributed by atoms with E-state index in [-0.39, 0.29) is 5.82 Å². The molecule has 564 valence electrons. The van der Waals surface area contributed by atoms with Crippen LogP contribution in [0.5, 0.6) is 0 Å². The van der Waals surface area contributed by atoms with Gasteiger partial charge in [-0.05, 0) is 179 Å². The Balaban J connectivity index is 0.000000101. The number of hydrogen-bond acceptors (Lipinski definition) is 5. The molecule has 15 heteroatoms. The summed E-state index contributed by atoms with van der Waals surface area (Å²) in [5.41, 5.74) is 30.5. The van der Waals surface area contributed by atoms with Gasteiger partial charge in [-0.1, -0.05) is 184 Å². The zero-order valence-corrected chi connectivity index (χ0v) is 66.1. The minimum atomic E-state index is -2.29. The lowest BCUT2D eigenvalue weighted by atomic mass is 9.88. The third-order valence-corrected chi connectivity index (χ3v) is 23.5. The molecule has 0 amide bonds. The molecule has 0 unspecified atom stereocenters. The van der Waals surface area contributed by atoms with Crippen molar-refractivity contribution in [2.75, 3.05) is 0 Å². The Morgan fingerprint density at radius 1 is 0.319 bits per heavy atom. The Bertz CT molecular complexity index is 7030. The Labute approximate surface area is 662 Å². The van der Waals surface area contributed by atoms with Crippen molar-refractivity contribution in [1.29, 1.82) is 0 Å². The molecular weight excluding hydrogens is 1400 g/mol. The fourth-order valence-electron chi connectivity index (χ4n) is 17.8. The van der Waals surface area contributed by atoms with Gasteiger partial charge in [0.25, 0.3) is 29.6 Å². The Morgan fingerprint density at radius 3 is 1.05 bits per heavy atom. The Kier molecular flexibility index (Phi) is 17.5. The predicted octanol–water partition coefficient (Wildman–Crippen LogP) is 22.2. The van der Waals surface area contributed by atoms with Crippen LogP contribution in [0.1, 0.15) is 155 Å². The minimum absolute atomic E-state index is 0.231. The maximum Gasteiger partial charge on any atom is 0.339 e. The van der Waals surface area contributed by atoms with Gasteiger partial charge in [0.1, 0.15) is 28.4 Å². The highest BCUT2D eigenvalue weighted by Gasteiger charge is 2.40. The topological polar surface area (TPSA) is 110 Å². The third kappa shape index (κ3) is 12.3. The first-order valence-corrected chi connectivity index (χ1v) is 39.7. The molecule has 15 nitrogen and oxygen atoms in total. The summed E-state index contributed by atoms with van der Waals surface area (Å²) in [7, 11) is 0. The molecule has 0 radical (unpaired) electrons. The molecule has 0 bridgehead atoms. The lowest BCUT2D eigenvalue weighted by Gasteiger charge is -2.19.